The molecule has 0 aliphatic rings. The minimum absolute atomic E-state index is 0. The van der Waals surface area contributed by atoms with Gasteiger partial charge in [-0.15, -0.1) is 35.7 Å². The van der Waals surface area contributed by atoms with Gasteiger partial charge in [0, 0.05) is 23.7 Å². The Labute approximate surface area is 167 Å². The number of sulfone groups is 1. The summed E-state index contributed by atoms with van der Waals surface area (Å²) in [5.74, 6) is 0.888. The van der Waals surface area contributed by atoms with E-state index < -0.39 is 9.84 Å². The average molecular weight is 485 g/mol. The van der Waals surface area contributed by atoms with Crippen LogP contribution in [0.15, 0.2) is 34.2 Å². The van der Waals surface area contributed by atoms with Crippen LogP contribution in [0.4, 0.5) is 0 Å². The molecule has 1 unspecified atom stereocenters. The van der Waals surface area contributed by atoms with Crippen LogP contribution in [0.25, 0.3) is 0 Å². The molecule has 8 heteroatoms. The summed E-state index contributed by atoms with van der Waals surface area (Å²) in [4.78, 5) is 5.80. The van der Waals surface area contributed by atoms with Crippen molar-refractivity contribution in [2.75, 3.05) is 24.8 Å². The van der Waals surface area contributed by atoms with Crippen LogP contribution < -0.4 is 10.6 Å². The highest BCUT2D eigenvalue weighted by Crippen LogP contribution is 2.15. The third kappa shape index (κ3) is 10.4. The van der Waals surface area contributed by atoms with Gasteiger partial charge in [-0.3, -0.25) is 0 Å². The quantitative estimate of drug-likeness (QED) is 0.257. The first-order chi connectivity index (χ1) is 10.8. The van der Waals surface area contributed by atoms with E-state index in [-0.39, 0.29) is 35.8 Å². The number of aliphatic imine (C=N–C) groups is 1. The maximum Gasteiger partial charge on any atom is 0.191 e. The largest absolute Gasteiger partial charge is 0.357 e. The molecule has 0 amide bonds. The molecular formula is C16H28IN3O2S2. The maximum atomic E-state index is 11.2. The van der Waals surface area contributed by atoms with Gasteiger partial charge in [0.1, 0.15) is 9.84 Å². The van der Waals surface area contributed by atoms with Gasteiger partial charge in [0.2, 0.25) is 0 Å². The number of hydrogen-bond acceptors (Lipinski definition) is 4. The summed E-state index contributed by atoms with van der Waals surface area (Å²) in [7, 11) is -2.93. The Morgan fingerprint density at radius 3 is 2.42 bits per heavy atom. The van der Waals surface area contributed by atoms with Crippen LogP contribution >= 0.6 is 35.7 Å². The summed E-state index contributed by atoms with van der Waals surface area (Å²) < 4.78 is 22.5. The van der Waals surface area contributed by atoms with Crippen molar-refractivity contribution in [2.45, 2.75) is 37.8 Å². The van der Waals surface area contributed by atoms with E-state index in [1.54, 1.807) is 11.8 Å². The molecule has 1 aromatic rings. The van der Waals surface area contributed by atoms with E-state index in [1.807, 2.05) is 13.8 Å². The number of nitrogens with one attached hydrogen (secondary N) is 2. The Balaban J connectivity index is 0.00000529. The van der Waals surface area contributed by atoms with Crippen molar-refractivity contribution in [1.82, 2.24) is 10.6 Å². The zero-order valence-electron chi connectivity index (χ0n) is 14.7. The third-order valence-electron chi connectivity index (χ3n) is 3.23. The van der Waals surface area contributed by atoms with E-state index in [4.69, 9.17) is 0 Å². The number of benzene rings is 1. The van der Waals surface area contributed by atoms with E-state index in [0.29, 0.717) is 18.9 Å². The molecule has 0 radical (unpaired) electrons. The second-order valence-electron chi connectivity index (χ2n) is 5.51. The Morgan fingerprint density at radius 1 is 1.29 bits per heavy atom. The minimum Gasteiger partial charge on any atom is -0.357 e. The molecule has 0 bridgehead atoms. The number of nitrogens with zero attached hydrogens (tertiary/aromatic N) is 1. The lowest BCUT2D eigenvalue weighted by molar-refractivity contribution is 0.581. The topological polar surface area (TPSA) is 70.6 Å². The molecule has 24 heavy (non-hydrogen) atoms. The summed E-state index contributed by atoms with van der Waals surface area (Å²) in [6.07, 6.45) is 3.88. The number of halogens is 1. The molecule has 138 valence electrons. The van der Waals surface area contributed by atoms with E-state index in [0.717, 1.165) is 12.1 Å². The Morgan fingerprint density at radius 2 is 1.92 bits per heavy atom. The standard InChI is InChI=1S/C16H27N3O2S2.HI/c1-5-17-16(19-13(2)10-11-23(4,20)21)18-12-14-6-8-15(22-3)9-7-14;/h6-9,13H,5,10-12H2,1-4H3,(H2,17,18,19);1H. The highest BCUT2D eigenvalue weighted by Gasteiger charge is 2.09. The Hall–Kier alpha value is -0.480. The second-order valence-corrected chi connectivity index (χ2v) is 8.65. The molecule has 1 rings (SSSR count). The zero-order chi connectivity index (χ0) is 17.3. The molecule has 1 atom stereocenters. The second kappa shape index (κ2) is 12.0. The van der Waals surface area contributed by atoms with E-state index in [1.165, 1.54) is 11.2 Å². The van der Waals surface area contributed by atoms with Crippen molar-refractivity contribution < 1.29 is 8.42 Å². The van der Waals surface area contributed by atoms with Crippen LogP contribution in [-0.4, -0.2) is 45.2 Å². The maximum absolute atomic E-state index is 11.2. The van der Waals surface area contributed by atoms with Crippen LogP contribution in [0, 0.1) is 0 Å². The average Bonchev–Trinajstić information content (AvgIpc) is 2.51. The lowest BCUT2D eigenvalue weighted by atomic mass is 10.2. The van der Waals surface area contributed by atoms with E-state index >= 15 is 0 Å². The predicted molar refractivity (Wildman–Crippen MR) is 115 cm³/mol. The fourth-order valence-corrected chi connectivity index (χ4v) is 3.11. The zero-order valence-corrected chi connectivity index (χ0v) is 18.7. The van der Waals surface area contributed by atoms with Gasteiger partial charge in [-0.2, -0.15) is 0 Å². The first-order valence-electron chi connectivity index (χ1n) is 7.69. The fourth-order valence-electron chi connectivity index (χ4n) is 1.92. The van der Waals surface area contributed by atoms with Gasteiger partial charge in [-0.25, -0.2) is 13.4 Å². The van der Waals surface area contributed by atoms with Gasteiger partial charge in [-0.05, 0) is 44.2 Å². The van der Waals surface area contributed by atoms with Crippen LogP contribution in [-0.2, 0) is 16.4 Å². The van der Waals surface area contributed by atoms with E-state index in [9.17, 15) is 8.42 Å². The van der Waals surface area contributed by atoms with Crippen molar-refractivity contribution in [1.29, 1.82) is 0 Å². The lowest BCUT2D eigenvalue weighted by Gasteiger charge is -2.17. The first kappa shape index (κ1) is 23.5. The fraction of sp³-hybridized carbons (Fsp3) is 0.562. The van der Waals surface area contributed by atoms with Crippen molar-refractivity contribution in [3.05, 3.63) is 29.8 Å². The molecule has 0 saturated carbocycles. The van der Waals surface area contributed by atoms with E-state index in [2.05, 4.69) is 46.1 Å². The van der Waals surface area contributed by atoms with Crippen LogP contribution in [0.1, 0.15) is 25.8 Å². The van der Waals surface area contributed by atoms with Crippen LogP contribution in [0.5, 0.6) is 0 Å². The molecule has 0 aromatic heterocycles. The summed E-state index contributed by atoms with van der Waals surface area (Å²) in [6, 6.07) is 8.37. The lowest BCUT2D eigenvalue weighted by Crippen LogP contribution is -2.42. The van der Waals surface area contributed by atoms with Gasteiger partial charge < -0.3 is 10.6 Å². The van der Waals surface area contributed by atoms with Gasteiger partial charge >= 0.3 is 0 Å². The first-order valence-corrected chi connectivity index (χ1v) is 11.0. The van der Waals surface area contributed by atoms with Crippen molar-refractivity contribution in [3.8, 4) is 0 Å². The highest BCUT2D eigenvalue weighted by molar-refractivity contribution is 14.0. The van der Waals surface area contributed by atoms with Crippen molar-refractivity contribution in [3.63, 3.8) is 0 Å². The number of hydrogen-bond donors (Lipinski definition) is 2. The minimum atomic E-state index is -2.93. The van der Waals surface area contributed by atoms with Crippen molar-refractivity contribution >= 4 is 51.5 Å². The molecular weight excluding hydrogens is 457 g/mol. The Kier molecular flexibility index (Phi) is 11.7. The summed E-state index contributed by atoms with van der Waals surface area (Å²) >= 11 is 1.72. The smallest absolute Gasteiger partial charge is 0.191 e. The highest BCUT2D eigenvalue weighted by atomic mass is 127. The molecule has 0 heterocycles. The van der Waals surface area contributed by atoms with Crippen LogP contribution in [0.2, 0.25) is 0 Å². The van der Waals surface area contributed by atoms with Crippen LogP contribution in [0.3, 0.4) is 0 Å². The molecule has 0 spiro atoms. The monoisotopic (exact) mass is 485 g/mol. The number of rotatable bonds is 8. The number of thioether (sulfide) groups is 1. The van der Waals surface area contributed by atoms with Crippen molar-refractivity contribution in [2.24, 2.45) is 4.99 Å². The summed E-state index contributed by atoms with van der Waals surface area (Å²) in [5.41, 5.74) is 1.14. The van der Waals surface area contributed by atoms with Gasteiger partial charge in [-0.1, -0.05) is 12.1 Å². The molecule has 1 aromatic carbocycles. The molecule has 2 N–H and O–H groups in total. The summed E-state index contributed by atoms with van der Waals surface area (Å²) in [6.45, 7) is 5.32. The molecule has 0 fully saturated rings. The molecule has 0 aliphatic heterocycles. The molecule has 0 saturated heterocycles. The predicted octanol–water partition coefficient (Wildman–Crippen LogP) is 2.90. The SMILES string of the molecule is CCNC(=NCc1ccc(SC)cc1)NC(C)CCS(C)(=O)=O.I. The molecule has 0 aliphatic carbocycles. The van der Waals surface area contributed by atoms with Gasteiger partial charge in [0.15, 0.2) is 5.96 Å². The number of guanidine groups is 1. The Bertz CT molecular complexity index is 604. The molecule has 5 nitrogen and oxygen atoms in total. The normalized spacial score (nSPS) is 13.1. The van der Waals surface area contributed by atoms with Gasteiger partial charge in [0.25, 0.3) is 0 Å². The van der Waals surface area contributed by atoms with Gasteiger partial charge in [0.05, 0.1) is 12.3 Å². The summed E-state index contributed by atoms with van der Waals surface area (Å²) in [5, 5.41) is 6.44. The third-order valence-corrected chi connectivity index (χ3v) is 4.95.